The first-order valence-electron chi connectivity index (χ1n) is 9.00. The van der Waals surface area contributed by atoms with Crippen molar-refractivity contribution in [3.63, 3.8) is 0 Å². The number of fused-ring (bicyclic) bond motifs is 1. The van der Waals surface area contributed by atoms with E-state index >= 15 is 0 Å². The van der Waals surface area contributed by atoms with Crippen LogP contribution >= 0.6 is 0 Å². The Labute approximate surface area is 150 Å². The third-order valence-corrected chi connectivity index (χ3v) is 4.71. The third kappa shape index (κ3) is 3.60. The molecular weight excluding hydrogens is 320 g/mol. The zero-order valence-electron chi connectivity index (χ0n) is 15.9. The molecule has 1 heterocycles. The summed E-state index contributed by atoms with van der Waals surface area (Å²) in [4.78, 5) is 14.6. The molecule has 2 N–H and O–H groups in total. The lowest BCUT2D eigenvalue weighted by molar-refractivity contribution is -0.150. The van der Waals surface area contributed by atoms with Gasteiger partial charge in [-0.3, -0.25) is 0 Å². The fourth-order valence-electron chi connectivity index (χ4n) is 3.27. The second kappa shape index (κ2) is 8.06. The van der Waals surface area contributed by atoms with Crippen molar-refractivity contribution in [2.75, 3.05) is 37.1 Å². The van der Waals surface area contributed by atoms with Crippen LogP contribution in [0, 0.1) is 6.92 Å². The number of hydrogen-bond acceptors (Lipinski definition) is 6. The van der Waals surface area contributed by atoms with Gasteiger partial charge in [0, 0.05) is 13.7 Å². The minimum absolute atomic E-state index is 0.180. The van der Waals surface area contributed by atoms with Crippen LogP contribution in [0.3, 0.4) is 0 Å². The Morgan fingerprint density at radius 3 is 2.64 bits per heavy atom. The first-order valence-corrected chi connectivity index (χ1v) is 9.00. The molecule has 0 fully saturated rings. The van der Waals surface area contributed by atoms with Crippen LogP contribution in [-0.4, -0.2) is 43.6 Å². The molecule has 2 unspecified atom stereocenters. The van der Waals surface area contributed by atoms with Gasteiger partial charge in [-0.25, -0.2) is 4.79 Å². The van der Waals surface area contributed by atoms with E-state index in [1.54, 1.807) is 6.92 Å². The largest absolute Gasteiger partial charge is 0.463 e. The highest BCUT2D eigenvalue weighted by Crippen LogP contribution is 2.42. The van der Waals surface area contributed by atoms with Crippen LogP contribution in [0.4, 0.5) is 11.4 Å². The molecule has 0 saturated carbocycles. The maximum absolute atomic E-state index is 12.7. The van der Waals surface area contributed by atoms with Crippen molar-refractivity contribution < 1.29 is 19.4 Å². The van der Waals surface area contributed by atoms with Crippen molar-refractivity contribution in [2.45, 2.75) is 52.3 Å². The smallest absolute Gasteiger partial charge is 0.355 e. The van der Waals surface area contributed by atoms with Crippen molar-refractivity contribution in [2.24, 2.45) is 0 Å². The van der Waals surface area contributed by atoms with Crippen molar-refractivity contribution in [3.05, 3.63) is 23.3 Å². The number of benzene rings is 1. The second-order valence-electron chi connectivity index (χ2n) is 6.43. The minimum Gasteiger partial charge on any atom is -0.463 e. The molecule has 0 bridgehead atoms. The zero-order chi connectivity index (χ0) is 18.6. The lowest BCUT2D eigenvalue weighted by atomic mass is 9.98. The average molecular weight is 350 g/mol. The SMILES string of the molecule is CCCC(O)c1cc2c(cc1C)N(C)C(COCC)(C(=O)OCC)N2. The summed E-state index contributed by atoms with van der Waals surface area (Å²) in [6.07, 6.45) is 1.10. The molecule has 25 heavy (non-hydrogen) atoms. The van der Waals surface area contributed by atoms with Gasteiger partial charge in [0.1, 0.15) is 0 Å². The van der Waals surface area contributed by atoms with E-state index in [1.165, 1.54) is 0 Å². The fraction of sp³-hybridized carbons (Fsp3) is 0.632. The van der Waals surface area contributed by atoms with Crippen LogP contribution in [-0.2, 0) is 14.3 Å². The molecule has 1 aromatic rings. The summed E-state index contributed by atoms with van der Waals surface area (Å²) >= 11 is 0. The van der Waals surface area contributed by atoms with E-state index in [0.29, 0.717) is 19.6 Å². The number of aliphatic hydroxyl groups excluding tert-OH is 1. The van der Waals surface area contributed by atoms with Gasteiger partial charge in [0.25, 0.3) is 0 Å². The van der Waals surface area contributed by atoms with Gasteiger partial charge in [0.15, 0.2) is 0 Å². The van der Waals surface area contributed by atoms with Gasteiger partial charge in [-0.1, -0.05) is 13.3 Å². The molecule has 0 radical (unpaired) electrons. The normalized spacial score (nSPS) is 20.2. The number of ether oxygens (including phenoxy) is 2. The van der Waals surface area contributed by atoms with Crippen LogP contribution in [0.2, 0.25) is 0 Å². The van der Waals surface area contributed by atoms with E-state index in [4.69, 9.17) is 9.47 Å². The topological polar surface area (TPSA) is 71.0 Å². The molecule has 140 valence electrons. The minimum atomic E-state index is -1.09. The molecule has 2 atom stereocenters. The molecule has 6 nitrogen and oxygen atoms in total. The van der Waals surface area contributed by atoms with Gasteiger partial charge < -0.3 is 24.8 Å². The Hall–Kier alpha value is -1.79. The number of nitrogens with zero attached hydrogens (tertiary/aromatic N) is 1. The Kier molecular flexibility index (Phi) is 6.30. The number of esters is 1. The van der Waals surface area contributed by atoms with E-state index in [9.17, 15) is 9.90 Å². The zero-order valence-corrected chi connectivity index (χ0v) is 15.9. The van der Waals surface area contributed by atoms with Gasteiger partial charge in [0.2, 0.25) is 5.66 Å². The summed E-state index contributed by atoms with van der Waals surface area (Å²) in [5, 5.41) is 13.7. The molecule has 1 aliphatic rings. The lowest BCUT2D eigenvalue weighted by Gasteiger charge is -2.34. The molecule has 0 aliphatic carbocycles. The number of anilines is 2. The van der Waals surface area contributed by atoms with Gasteiger partial charge in [0.05, 0.1) is 30.7 Å². The number of carbonyl (C=O) groups is 1. The monoisotopic (exact) mass is 350 g/mol. The molecule has 0 amide bonds. The van der Waals surface area contributed by atoms with Gasteiger partial charge in [-0.15, -0.1) is 0 Å². The summed E-state index contributed by atoms with van der Waals surface area (Å²) in [6, 6.07) is 3.94. The van der Waals surface area contributed by atoms with Crippen molar-refractivity contribution >= 4 is 17.3 Å². The number of carbonyl (C=O) groups excluding carboxylic acids is 1. The van der Waals surface area contributed by atoms with Crippen molar-refractivity contribution in [3.8, 4) is 0 Å². The lowest BCUT2D eigenvalue weighted by Crippen LogP contribution is -2.59. The summed E-state index contributed by atoms with van der Waals surface area (Å²) in [7, 11) is 1.86. The van der Waals surface area contributed by atoms with Crippen LogP contribution < -0.4 is 10.2 Å². The van der Waals surface area contributed by atoms with Crippen LogP contribution in [0.1, 0.15) is 50.8 Å². The summed E-state index contributed by atoms with van der Waals surface area (Å²) in [5.41, 5.74) is 2.51. The highest BCUT2D eigenvalue weighted by atomic mass is 16.5. The number of likely N-dealkylation sites (N-methyl/N-ethyl adjacent to an activating group) is 1. The first-order chi connectivity index (χ1) is 11.9. The number of nitrogens with one attached hydrogen (secondary N) is 1. The number of aliphatic hydroxyl groups is 1. The van der Waals surface area contributed by atoms with Crippen molar-refractivity contribution in [1.82, 2.24) is 0 Å². The maximum Gasteiger partial charge on any atom is 0.355 e. The molecule has 2 rings (SSSR count). The molecule has 0 spiro atoms. The van der Waals surface area contributed by atoms with Crippen LogP contribution in [0.15, 0.2) is 12.1 Å². The molecule has 6 heteroatoms. The van der Waals surface area contributed by atoms with E-state index in [0.717, 1.165) is 28.9 Å². The fourth-order valence-corrected chi connectivity index (χ4v) is 3.27. The Balaban J connectivity index is 2.42. The standard InChI is InChI=1S/C19H30N2O4/c1-6-9-17(22)14-11-15-16(10-13(14)4)21(5)19(20-15,12-24-7-2)18(23)25-8-3/h10-11,17,20,22H,6-9,12H2,1-5H3. The van der Waals surface area contributed by atoms with Crippen LogP contribution in [0.5, 0.6) is 0 Å². The summed E-state index contributed by atoms with van der Waals surface area (Å²) in [5.74, 6) is -0.365. The summed E-state index contributed by atoms with van der Waals surface area (Å²) < 4.78 is 10.9. The van der Waals surface area contributed by atoms with Crippen LogP contribution in [0.25, 0.3) is 0 Å². The van der Waals surface area contributed by atoms with E-state index in [-0.39, 0.29) is 12.6 Å². The van der Waals surface area contributed by atoms with E-state index < -0.39 is 11.8 Å². The quantitative estimate of drug-likeness (QED) is 0.703. The predicted molar refractivity (Wildman–Crippen MR) is 98.9 cm³/mol. The highest BCUT2D eigenvalue weighted by Gasteiger charge is 2.50. The molecule has 0 aromatic heterocycles. The highest BCUT2D eigenvalue weighted by molar-refractivity contribution is 5.95. The number of aryl methyl sites for hydroxylation is 1. The van der Waals surface area contributed by atoms with E-state index in [1.807, 2.05) is 44.9 Å². The second-order valence-corrected chi connectivity index (χ2v) is 6.43. The molecule has 1 aliphatic heterocycles. The molecule has 1 aromatic carbocycles. The van der Waals surface area contributed by atoms with Gasteiger partial charge >= 0.3 is 5.97 Å². The Bertz CT molecular complexity index is 620. The Morgan fingerprint density at radius 2 is 2.04 bits per heavy atom. The summed E-state index contributed by atoms with van der Waals surface area (Å²) in [6.45, 7) is 8.70. The van der Waals surface area contributed by atoms with E-state index in [2.05, 4.69) is 5.32 Å². The predicted octanol–water partition coefficient (Wildman–Crippen LogP) is 2.99. The molecule has 0 saturated heterocycles. The number of rotatable bonds is 8. The molecular formula is C19H30N2O4. The maximum atomic E-state index is 12.7. The first kappa shape index (κ1) is 19.5. The Morgan fingerprint density at radius 1 is 1.32 bits per heavy atom. The third-order valence-electron chi connectivity index (χ3n) is 4.71. The average Bonchev–Trinajstić information content (AvgIpc) is 2.86. The van der Waals surface area contributed by atoms with Crippen molar-refractivity contribution in [1.29, 1.82) is 0 Å². The van der Waals surface area contributed by atoms with Gasteiger partial charge in [-0.05, 0) is 50.5 Å². The number of hydrogen-bond donors (Lipinski definition) is 2. The van der Waals surface area contributed by atoms with Gasteiger partial charge in [-0.2, -0.15) is 0 Å².